The molecule has 1 aliphatic heterocycles. The van der Waals surface area contributed by atoms with E-state index in [0.717, 1.165) is 5.56 Å². The van der Waals surface area contributed by atoms with Crippen molar-refractivity contribution < 1.29 is 14.5 Å². The molecule has 0 bridgehead atoms. The third-order valence-corrected chi connectivity index (χ3v) is 4.92. The SMILES string of the molecule is CCOCCN1C(=O)C(Cl)C1(c1ccc([N+](=O)[O-])cc1)C(C)C. The summed E-state index contributed by atoms with van der Waals surface area (Å²) < 4.78 is 5.36. The van der Waals surface area contributed by atoms with Crippen molar-refractivity contribution in [1.29, 1.82) is 0 Å². The van der Waals surface area contributed by atoms with Gasteiger partial charge in [0, 0.05) is 25.3 Å². The quantitative estimate of drug-likeness (QED) is 0.251. The Morgan fingerprint density at radius 2 is 2.00 bits per heavy atom. The second kappa shape index (κ2) is 6.84. The Morgan fingerprint density at radius 3 is 2.48 bits per heavy atom. The van der Waals surface area contributed by atoms with Gasteiger partial charge in [-0.3, -0.25) is 14.9 Å². The molecule has 1 heterocycles. The number of ether oxygens (including phenoxy) is 1. The number of rotatable bonds is 7. The normalized spacial score (nSPS) is 24.0. The summed E-state index contributed by atoms with van der Waals surface area (Å²) in [6.45, 7) is 7.36. The molecule has 0 aromatic heterocycles. The molecule has 0 N–H and O–H groups in total. The van der Waals surface area contributed by atoms with Crippen molar-refractivity contribution in [3.8, 4) is 0 Å². The van der Waals surface area contributed by atoms with E-state index in [-0.39, 0.29) is 17.5 Å². The zero-order chi connectivity index (χ0) is 17.2. The number of carbonyl (C=O) groups is 1. The molecule has 0 aliphatic carbocycles. The van der Waals surface area contributed by atoms with E-state index in [1.807, 2.05) is 20.8 Å². The third-order valence-electron chi connectivity index (χ3n) is 4.40. The summed E-state index contributed by atoms with van der Waals surface area (Å²) in [6.07, 6.45) is 0. The first-order valence-corrected chi connectivity index (χ1v) is 8.09. The predicted octanol–water partition coefficient (Wildman–Crippen LogP) is 2.93. The summed E-state index contributed by atoms with van der Waals surface area (Å²) in [6, 6.07) is 6.28. The molecular weight excluding hydrogens is 320 g/mol. The van der Waals surface area contributed by atoms with Crippen molar-refractivity contribution in [3.05, 3.63) is 39.9 Å². The number of benzene rings is 1. The van der Waals surface area contributed by atoms with Crippen LogP contribution in [-0.2, 0) is 15.1 Å². The van der Waals surface area contributed by atoms with E-state index in [2.05, 4.69) is 0 Å². The minimum Gasteiger partial charge on any atom is -0.380 e. The Bertz CT molecular complexity index is 590. The van der Waals surface area contributed by atoms with Crippen LogP contribution in [0.3, 0.4) is 0 Å². The lowest BCUT2D eigenvalue weighted by Crippen LogP contribution is -2.72. The second-order valence-corrected chi connectivity index (χ2v) is 6.27. The van der Waals surface area contributed by atoms with Crippen LogP contribution in [0.1, 0.15) is 26.3 Å². The highest BCUT2D eigenvalue weighted by atomic mass is 35.5. The highest BCUT2D eigenvalue weighted by Crippen LogP contribution is 2.50. The lowest BCUT2D eigenvalue weighted by molar-refractivity contribution is -0.384. The molecule has 0 spiro atoms. The first kappa shape index (κ1) is 17.7. The maximum absolute atomic E-state index is 12.3. The van der Waals surface area contributed by atoms with Gasteiger partial charge in [0.05, 0.1) is 17.1 Å². The van der Waals surface area contributed by atoms with Gasteiger partial charge < -0.3 is 9.64 Å². The van der Waals surface area contributed by atoms with Crippen LogP contribution in [0.15, 0.2) is 24.3 Å². The Balaban J connectivity index is 2.37. The van der Waals surface area contributed by atoms with Crippen LogP contribution in [0, 0.1) is 16.0 Å². The van der Waals surface area contributed by atoms with E-state index in [1.165, 1.54) is 12.1 Å². The number of nitro benzene ring substituents is 1. The Morgan fingerprint density at radius 1 is 1.39 bits per heavy atom. The lowest BCUT2D eigenvalue weighted by Gasteiger charge is -2.58. The van der Waals surface area contributed by atoms with Crippen LogP contribution < -0.4 is 0 Å². The Hall–Kier alpha value is -1.66. The number of nitro groups is 1. The summed E-state index contributed by atoms with van der Waals surface area (Å²) in [5.41, 5.74) is 0.171. The average molecular weight is 341 g/mol. The van der Waals surface area contributed by atoms with E-state index < -0.39 is 15.8 Å². The van der Waals surface area contributed by atoms with E-state index in [4.69, 9.17) is 16.3 Å². The molecule has 0 radical (unpaired) electrons. The van der Waals surface area contributed by atoms with Crippen molar-refractivity contribution in [2.45, 2.75) is 31.7 Å². The summed E-state index contributed by atoms with van der Waals surface area (Å²) >= 11 is 6.40. The largest absolute Gasteiger partial charge is 0.380 e. The Labute approximate surface area is 140 Å². The molecule has 1 aromatic rings. The summed E-state index contributed by atoms with van der Waals surface area (Å²) in [5, 5.41) is 10.2. The molecule has 1 aliphatic rings. The molecule has 126 valence electrons. The average Bonchev–Trinajstić information content (AvgIpc) is 2.53. The number of amides is 1. The number of carbonyl (C=O) groups excluding carboxylic acids is 1. The fraction of sp³-hybridized carbons (Fsp3) is 0.562. The molecule has 23 heavy (non-hydrogen) atoms. The van der Waals surface area contributed by atoms with Gasteiger partial charge in [-0.05, 0) is 30.5 Å². The van der Waals surface area contributed by atoms with Gasteiger partial charge in [-0.1, -0.05) is 13.8 Å². The van der Waals surface area contributed by atoms with E-state index >= 15 is 0 Å². The minimum absolute atomic E-state index is 0.0188. The molecule has 1 aromatic carbocycles. The highest BCUT2D eigenvalue weighted by Gasteiger charge is 2.61. The Kier molecular flexibility index (Phi) is 5.26. The van der Waals surface area contributed by atoms with Crippen molar-refractivity contribution in [2.75, 3.05) is 19.8 Å². The monoisotopic (exact) mass is 340 g/mol. The minimum atomic E-state index is -0.675. The summed E-state index contributed by atoms with van der Waals surface area (Å²) in [4.78, 5) is 24.4. The van der Waals surface area contributed by atoms with Crippen LogP contribution in [0.25, 0.3) is 0 Å². The van der Waals surface area contributed by atoms with Gasteiger partial charge in [-0.25, -0.2) is 0 Å². The van der Waals surface area contributed by atoms with Gasteiger partial charge in [0.2, 0.25) is 5.91 Å². The molecule has 1 amide bonds. The molecule has 2 unspecified atom stereocenters. The number of β-lactam (4-membered cyclic amide) rings is 1. The van der Waals surface area contributed by atoms with Crippen LogP contribution in [-0.4, -0.2) is 40.9 Å². The van der Waals surface area contributed by atoms with Gasteiger partial charge >= 0.3 is 0 Å². The number of non-ortho nitro benzene ring substituents is 1. The van der Waals surface area contributed by atoms with Gasteiger partial charge in [-0.2, -0.15) is 0 Å². The van der Waals surface area contributed by atoms with Crippen molar-refractivity contribution >= 4 is 23.2 Å². The molecule has 1 saturated heterocycles. The number of halogens is 1. The van der Waals surface area contributed by atoms with Gasteiger partial charge in [0.1, 0.15) is 5.38 Å². The summed E-state index contributed by atoms with van der Waals surface area (Å²) in [5.74, 6) is -0.0656. The number of hydrogen-bond donors (Lipinski definition) is 0. The smallest absolute Gasteiger partial charge is 0.269 e. The molecule has 0 saturated carbocycles. The van der Waals surface area contributed by atoms with Crippen molar-refractivity contribution in [3.63, 3.8) is 0 Å². The first-order chi connectivity index (χ1) is 10.9. The van der Waals surface area contributed by atoms with Crippen molar-refractivity contribution in [1.82, 2.24) is 4.90 Å². The zero-order valence-corrected chi connectivity index (χ0v) is 14.2. The lowest BCUT2D eigenvalue weighted by atomic mass is 9.69. The van der Waals surface area contributed by atoms with E-state index in [1.54, 1.807) is 17.0 Å². The standard InChI is InChI=1S/C16H21ClN2O4/c1-4-23-10-9-18-15(20)14(17)16(18,11(2)3)12-5-7-13(8-6-12)19(21)22/h5-8,11,14H,4,9-10H2,1-3H3. The third kappa shape index (κ3) is 2.81. The van der Waals surface area contributed by atoms with E-state index in [0.29, 0.717) is 19.8 Å². The van der Waals surface area contributed by atoms with Crippen molar-refractivity contribution in [2.24, 2.45) is 5.92 Å². The van der Waals surface area contributed by atoms with Crippen LogP contribution in [0.2, 0.25) is 0 Å². The number of hydrogen-bond acceptors (Lipinski definition) is 4. The second-order valence-electron chi connectivity index (χ2n) is 5.83. The topological polar surface area (TPSA) is 72.7 Å². The number of nitrogens with zero attached hydrogens (tertiary/aromatic N) is 2. The number of alkyl halides is 1. The molecule has 7 heteroatoms. The first-order valence-electron chi connectivity index (χ1n) is 7.65. The maximum Gasteiger partial charge on any atom is 0.269 e. The molecule has 6 nitrogen and oxygen atoms in total. The highest BCUT2D eigenvalue weighted by molar-refractivity contribution is 6.34. The molecule has 2 atom stereocenters. The van der Waals surface area contributed by atoms with Crippen LogP contribution in [0.4, 0.5) is 5.69 Å². The molecule has 2 rings (SSSR count). The van der Waals surface area contributed by atoms with E-state index in [9.17, 15) is 14.9 Å². The molecular formula is C16H21ClN2O4. The zero-order valence-electron chi connectivity index (χ0n) is 13.5. The van der Waals surface area contributed by atoms with Gasteiger partial charge in [0.15, 0.2) is 0 Å². The van der Waals surface area contributed by atoms with Crippen LogP contribution >= 0.6 is 11.6 Å². The fourth-order valence-corrected chi connectivity index (χ4v) is 3.88. The van der Waals surface area contributed by atoms with Gasteiger partial charge in [0.25, 0.3) is 5.69 Å². The van der Waals surface area contributed by atoms with Gasteiger partial charge in [-0.15, -0.1) is 11.6 Å². The van der Waals surface area contributed by atoms with Crippen LogP contribution in [0.5, 0.6) is 0 Å². The maximum atomic E-state index is 12.3. The predicted molar refractivity (Wildman–Crippen MR) is 87.5 cm³/mol. The summed E-state index contributed by atoms with van der Waals surface area (Å²) in [7, 11) is 0. The molecule has 1 fully saturated rings. The number of likely N-dealkylation sites (tertiary alicyclic amines) is 1. The fourth-order valence-electron chi connectivity index (χ4n) is 3.26.